The van der Waals surface area contributed by atoms with Crippen LogP contribution in [0.4, 0.5) is 0 Å². The van der Waals surface area contributed by atoms with E-state index in [1.165, 1.54) is 0 Å². The minimum atomic E-state index is -3.57. The zero-order valence-electron chi connectivity index (χ0n) is 18.1. The van der Waals surface area contributed by atoms with E-state index in [1.807, 2.05) is 98.2 Å². The predicted octanol–water partition coefficient (Wildman–Crippen LogP) is 6.69. The van der Waals surface area contributed by atoms with Gasteiger partial charge in [-0.05, 0) is 50.6 Å². The molecule has 0 amide bonds. The van der Waals surface area contributed by atoms with E-state index in [2.05, 4.69) is 6.07 Å². The Bertz CT molecular complexity index is 1200. The van der Waals surface area contributed by atoms with Crippen molar-refractivity contribution in [2.24, 2.45) is 0 Å². The standard InChI is InChI=1S/C25H27N2O3P/c1-4-29-31(28,30-5-2)25(20-12-8-6-9-13-20)24-22-18-19(3)16-17-23(22)26-27(24)21-14-10-7-11-15-21/h6-18,25H,4-5H2,1-3H3. The summed E-state index contributed by atoms with van der Waals surface area (Å²) >= 11 is 0. The molecule has 0 bridgehead atoms. The van der Waals surface area contributed by atoms with Gasteiger partial charge in [-0.15, -0.1) is 0 Å². The first-order chi connectivity index (χ1) is 15.1. The van der Waals surface area contributed by atoms with Crippen molar-refractivity contribution in [1.29, 1.82) is 0 Å². The zero-order valence-corrected chi connectivity index (χ0v) is 19.0. The molecule has 4 aromatic rings. The molecule has 0 saturated carbocycles. The molecule has 0 aliphatic rings. The molecule has 0 radical (unpaired) electrons. The number of nitrogens with zero attached hydrogens (tertiary/aromatic N) is 2. The number of hydrogen-bond donors (Lipinski definition) is 0. The Labute approximate surface area is 183 Å². The fourth-order valence-electron chi connectivity index (χ4n) is 3.92. The highest BCUT2D eigenvalue weighted by Crippen LogP contribution is 2.64. The first-order valence-corrected chi connectivity index (χ1v) is 12.2. The Morgan fingerprint density at radius 2 is 1.52 bits per heavy atom. The van der Waals surface area contributed by atoms with Gasteiger partial charge in [0.05, 0.1) is 30.1 Å². The van der Waals surface area contributed by atoms with Gasteiger partial charge >= 0.3 is 7.60 Å². The summed E-state index contributed by atoms with van der Waals surface area (Å²) in [5.41, 5.74) is 3.89. The van der Waals surface area contributed by atoms with Crippen LogP contribution in [0.3, 0.4) is 0 Å². The van der Waals surface area contributed by atoms with Gasteiger partial charge in [0.2, 0.25) is 0 Å². The van der Waals surface area contributed by atoms with Crippen LogP contribution < -0.4 is 0 Å². The maximum Gasteiger partial charge on any atom is 0.344 e. The molecule has 0 aliphatic carbocycles. The second kappa shape index (κ2) is 9.19. The second-order valence-electron chi connectivity index (χ2n) is 7.34. The van der Waals surface area contributed by atoms with Gasteiger partial charge in [-0.3, -0.25) is 4.57 Å². The monoisotopic (exact) mass is 434 g/mol. The lowest BCUT2D eigenvalue weighted by Gasteiger charge is -2.27. The molecule has 0 N–H and O–H groups in total. The smallest absolute Gasteiger partial charge is 0.308 e. The van der Waals surface area contributed by atoms with Gasteiger partial charge < -0.3 is 9.05 Å². The van der Waals surface area contributed by atoms with Gasteiger partial charge in [0.15, 0.2) is 0 Å². The number of benzene rings is 3. The highest BCUT2D eigenvalue weighted by molar-refractivity contribution is 7.54. The summed E-state index contributed by atoms with van der Waals surface area (Å²) < 4.78 is 27.9. The highest BCUT2D eigenvalue weighted by Gasteiger charge is 2.41. The summed E-state index contributed by atoms with van der Waals surface area (Å²) in [4.78, 5) is 0. The van der Waals surface area contributed by atoms with E-state index in [9.17, 15) is 4.57 Å². The van der Waals surface area contributed by atoms with Crippen LogP contribution in [0.25, 0.3) is 16.6 Å². The summed E-state index contributed by atoms with van der Waals surface area (Å²) in [6, 6.07) is 25.8. The fraction of sp³-hybridized carbons (Fsp3) is 0.240. The minimum Gasteiger partial charge on any atom is -0.308 e. The van der Waals surface area contributed by atoms with E-state index in [1.54, 1.807) is 0 Å². The van der Waals surface area contributed by atoms with E-state index < -0.39 is 13.3 Å². The minimum absolute atomic E-state index is 0.289. The van der Waals surface area contributed by atoms with Crippen LogP contribution in [0, 0.1) is 6.92 Å². The van der Waals surface area contributed by atoms with Gasteiger partial charge in [0, 0.05) is 5.39 Å². The molecule has 0 aliphatic heterocycles. The topological polar surface area (TPSA) is 53.4 Å². The van der Waals surface area contributed by atoms with Gasteiger partial charge in [0.1, 0.15) is 5.66 Å². The van der Waals surface area contributed by atoms with Crippen LogP contribution in [-0.4, -0.2) is 23.0 Å². The largest absolute Gasteiger partial charge is 0.344 e. The average molecular weight is 434 g/mol. The number of aromatic nitrogens is 2. The fourth-order valence-corrected chi connectivity index (χ4v) is 6.10. The van der Waals surface area contributed by atoms with Crippen molar-refractivity contribution in [1.82, 2.24) is 9.78 Å². The van der Waals surface area contributed by atoms with Crippen molar-refractivity contribution in [3.05, 3.63) is 95.7 Å². The number of para-hydroxylation sites is 1. The van der Waals surface area contributed by atoms with Crippen molar-refractivity contribution in [3.63, 3.8) is 0 Å². The highest BCUT2D eigenvalue weighted by atomic mass is 31.2. The van der Waals surface area contributed by atoms with Gasteiger partial charge in [-0.1, -0.05) is 60.2 Å². The Morgan fingerprint density at radius 1 is 0.903 bits per heavy atom. The van der Waals surface area contributed by atoms with Crippen molar-refractivity contribution >= 4 is 18.5 Å². The Morgan fingerprint density at radius 3 is 2.13 bits per heavy atom. The summed E-state index contributed by atoms with van der Waals surface area (Å²) in [6.07, 6.45) is 0. The van der Waals surface area contributed by atoms with Crippen LogP contribution >= 0.6 is 7.60 Å². The average Bonchev–Trinajstić information content (AvgIpc) is 3.14. The first kappa shape index (κ1) is 21.5. The third-order valence-electron chi connectivity index (χ3n) is 5.17. The zero-order chi connectivity index (χ0) is 21.8. The third kappa shape index (κ3) is 4.22. The molecular formula is C25H27N2O3P. The molecule has 0 fully saturated rings. The lowest BCUT2D eigenvalue weighted by molar-refractivity contribution is 0.214. The van der Waals surface area contributed by atoms with E-state index in [-0.39, 0.29) is 13.2 Å². The molecule has 6 heteroatoms. The Balaban J connectivity index is 2.08. The lowest BCUT2D eigenvalue weighted by atomic mass is 10.0. The van der Waals surface area contributed by atoms with Crippen molar-refractivity contribution < 1.29 is 13.6 Å². The number of aryl methyl sites for hydroxylation is 1. The summed E-state index contributed by atoms with van der Waals surface area (Å²) in [5, 5.41) is 5.83. The van der Waals surface area contributed by atoms with E-state index in [0.29, 0.717) is 0 Å². The van der Waals surface area contributed by atoms with Crippen molar-refractivity contribution in [3.8, 4) is 5.69 Å². The molecule has 160 valence electrons. The van der Waals surface area contributed by atoms with Crippen molar-refractivity contribution in [2.75, 3.05) is 13.2 Å². The molecule has 0 saturated heterocycles. The van der Waals surface area contributed by atoms with Crippen LogP contribution in [-0.2, 0) is 13.6 Å². The molecule has 1 aromatic heterocycles. The SMILES string of the molecule is CCOP(=O)(OCC)C(c1ccccc1)c1c2cc(C)ccc2nn1-c1ccccc1. The quantitative estimate of drug-likeness (QED) is 0.290. The van der Waals surface area contributed by atoms with Gasteiger partial charge in [-0.25, -0.2) is 4.68 Å². The molecule has 1 unspecified atom stereocenters. The first-order valence-electron chi connectivity index (χ1n) is 10.6. The predicted molar refractivity (Wildman–Crippen MR) is 125 cm³/mol. The van der Waals surface area contributed by atoms with E-state index in [0.717, 1.165) is 33.4 Å². The van der Waals surface area contributed by atoms with E-state index >= 15 is 0 Å². The number of rotatable bonds is 8. The van der Waals surface area contributed by atoms with Crippen LogP contribution in [0.1, 0.15) is 36.3 Å². The molecular weight excluding hydrogens is 407 g/mol. The van der Waals surface area contributed by atoms with E-state index in [4.69, 9.17) is 14.1 Å². The summed E-state index contributed by atoms with van der Waals surface area (Å²) in [5.74, 6) is 0. The van der Waals surface area contributed by atoms with Gasteiger partial charge in [-0.2, -0.15) is 5.10 Å². The van der Waals surface area contributed by atoms with Gasteiger partial charge in [0.25, 0.3) is 0 Å². The van der Waals surface area contributed by atoms with Crippen LogP contribution in [0.15, 0.2) is 78.9 Å². The molecule has 1 heterocycles. The number of hydrogen-bond acceptors (Lipinski definition) is 4. The van der Waals surface area contributed by atoms with Crippen LogP contribution in [0.5, 0.6) is 0 Å². The van der Waals surface area contributed by atoms with Crippen molar-refractivity contribution in [2.45, 2.75) is 26.4 Å². The molecule has 0 spiro atoms. The lowest BCUT2D eigenvalue weighted by Crippen LogP contribution is -2.13. The molecule has 1 atom stereocenters. The van der Waals surface area contributed by atoms with Crippen LogP contribution in [0.2, 0.25) is 0 Å². The normalized spacial score (nSPS) is 12.9. The summed E-state index contributed by atoms with van der Waals surface area (Å²) in [6.45, 7) is 6.30. The molecule has 31 heavy (non-hydrogen) atoms. The summed E-state index contributed by atoms with van der Waals surface area (Å²) in [7, 11) is -3.57. The molecule has 3 aromatic carbocycles. The maximum absolute atomic E-state index is 14.2. The number of fused-ring (bicyclic) bond motifs is 1. The maximum atomic E-state index is 14.2. The second-order valence-corrected chi connectivity index (χ2v) is 9.45. The third-order valence-corrected chi connectivity index (χ3v) is 7.58. The Kier molecular flexibility index (Phi) is 6.38. The Hall–Kier alpha value is -2.72. The molecule has 4 rings (SSSR count). The molecule has 5 nitrogen and oxygen atoms in total.